The number of halogens is 1. The van der Waals surface area contributed by atoms with Crippen LogP contribution in [0, 0.1) is 12.7 Å². The minimum absolute atomic E-state index is 0.233. The molecule has 2 N–H and O–H groups in total. The van der Waals surface area contributed by atoms with Gasteiger partial charge in [0.25, 0.3) is 0 Å². The molecule has 0 aliphatic heterocycles. The second kappa shape index (κ2) is 8.52. The van der Waals surface area contributed by atoms with Gasteiger partial charge in [0.15, 0.2) is 11.6 Å². The number of aryl methyl sites for hydroxylation is 1. The molecule has 0 saturated heterocycles. The van der Waals surface area contributed by atoms with Gasteiger partial charge in [-0.1, -0.05) is 47.6 Å². The van der Waals surface area contributed by atoms with Gasteiger partial charge >= 0.3 is 0 Å². The number of anilines is 3. The molecule has 7 heteroatoms. The molecule has 0 fully saturated rings. The van der Waals surface area contributed by atoms with Crippen molar-refractivity contribution in [3.8, 4) is 11.4 Å². The van der Waals surface area contributed by atoms with Gasteiger partial charge < -0.3 is 15.2 Å². The molecule has 0 atom stereocenters. The molecule has 4 aromatic rings. The van der Waals surface area contributed by atoms with E-state index in [0.29, 0.717) is 35.6 Å². The van der Waals surface area contributed by atoms with Gasteiger partial charge in [0, 0.05) is 24.2 Å². The van der Waals surface area contributed by atoms with E-state index < -0.39 is 0 Å². The first-order chi connectivity index (χ1) is 14.2. The molecule has 146 valence electrons. The van der Waals surface area contributed by atoms with Crippen LogP contribution in [0.3, 0.4) is 0 Å². The lowest BCUT2D eigenvalue weighted by molar-refractivity contribution is 0.400. The fourth-order valence-corrected chi connectivity index (χ4v) is 2.86. The zero-order valence-corrected chi connectivity index (χ0v) is 15.9. The van der Waals surface area contributed by atoms with Crippen LogP contribution in [-0.2, 0) is 6.42 Å². The summed E-state index contributed by atoms with van der Waals surface area (Å²) in [5.41, 5.74) is 1.96. The van der Waals surface area contributed by atoms with Crippen molar-refractivity contribution in [2.75, 3.05) is 17.2 Å². The average Bonchev–Trinajstić information content (AvgIpc) is 3.14. The van der Waals surface area contributed by atoms with Crippen LogP contribution in [0.1, 0.15) is 11.3 Å². The number of hydrogen-bond donors (Lipinski definition) is 2. The third kappa shape index (κ3) is 4.95. The number of rotatable bonds is 7. The maximum Gasteiger partial charge on any atom is 0.175 e. The van der Waals surface area contributed by atoms with Crippen LogP contribution < -0.4 is 10.6 Å². The Morgan fingerprint density at radius 3 is 2.38 bits per heavy atom. The molecular weight excluding hydrogens is 369 g/mol. The van der Waals surface area contributed by atoms with E-state index in [1.165, 1.54) is 12.1 Å². The minimum atomic E-state index is -0.233. The Morgan fingerprint density at radius 2 is 1.66 bits per heavy atom. The predicted octanol–water partition coefficient (Wildman–Crippen LogP) is 4.98. The van der Waals surface area contributed by atoms with Crippen LogP contribution in [-0.4, -0.2) is 21.7 Å². The highest BCUT2D eigenvalue weighted by Gasteiger charge is 2.09. The maximum absolute atomic E-state index is 13.1. The van der Waals surface area contributed by atoms with Crippen molar-refractivity contribution in [1.82, 2.24) is 15.1 Å². The molecule has 2 aromatic heterocycles. The quantitative estimate of drug-likeness (QED) is 0.464. The standard InChI is InChI=1S/C22H20FN5O/c1-15-13-21(28-29-15)25-20-14-19(24-12-11-16-7-9-18(23)10-8-16)26-22(27-20)17-5-3-2-4-6-17/h2-10,13-14H,11-12H2,1H3,(H2,24,25,26,27,28). The van der Waals surface area contributed by atoms with Gasteiger partial charge in [-0.3, -0.25) is 0 Å². The molecule has 6 nitrogen and oxygen atoms in total. The lowest BCUT2D eigenvalue weighted by Gasteiger charge is -2.11. The van der Waals surface area contributed by atoms with Crippen molar-refractivity contribution in [1.29, 1.82) is 0 Å². The molecule has 2 heterocycles. The highest BCUT2D eigenvalue weighted by molar-refractivity contribution is 5.63. The lowest BCUT2D eigenvalue weighted by Crippen LogP contribution is -2.08. The smallest absolute Gasteiger partial charge is 0.175 e. The zero-order chi connectivity index (χ0) is 20.1. The predicted molar refractivity (Wildman–Crippen MR) is 111 cm³/mol. The van der Waals surface area contributed by atoms with Gasteiger partial charge in [-0.2, -0.15) is 0 Å². The number of hydrogen-bond acceptors (Lipinski definition) is 6. The van der Waals surface area contributed by atoms with Crippen LogP contribution >= 0.6 is 0 Å². The van der Waals surface area contributed by atoms with E-state index in [0.717, 1.165) is 17.5 Å². The van der Waals surface area contributed by atoms with Crippen molar-refractivity contribution < 1.29 is 8.91 Å². The average molecular weight is 389 g/mol. The van der Waals surface area contributed by atoms with E-state index >= 15 is 0 Å². The van der Waals surface area contributed by atoms with Crippen LogP contribution in [0.5, 0.6) is 0 Å². The Balaban J connectivity index is 1.54. The Hall–Kier alpha value is -3.74. The van der Waals surface area contributed by atoms with E-state index in [9.17, 15) is 4.39 Å². The molecule has 0 radical (unpaired) electrons. The third-order valence-corrected chi connectivity index (χ3v) is 4.28. The Morgan fingerprint density at radius 1 is 0.897 bits per heavy atom. The number of aromatic nitrogens is 3. The normalized spacial score (nSPS) is 10.7. The van der Waals surface area contributed by atoms with Crippen molar-refractivity contribution in [2.45, 2.75) is 13.3 Å². The highest BCUT2D eigenvalue weighted by Crippen LogP contribution is 2.22. The summed E-state index contributed by atoms with van der Waals surface area (Å²) in [6, 6.07) is 19.9. The first-order valence-corrected chi connectivity index (χ1v) is 9.29. The summed E-state index contributed by atoms with van der Waals surface area (Å²) in [7, 11) is 0. The fourth-order valence-electron chi connectivity index (χ4n) is 2.86. The molecule has 0 aliphatic carbocycles. The molecule has 0 bridgehead atoms. The monoisotopic (exact) mass is 389 g/mol. The second-order valence-corrected chi connectivity index (χ2v) is 6.58. The summed E-state index contributed by atoms with van der Waals surface area (Å²) in [4.78, 5) is 9.23. The number of benzene rings is 2. The first-order valence-electron chi connectivity index (χ1n) is 9.29. The van der Waals surface area contributed by atoms with Gasteiger partial charge in [0.05, 0.1) is 0 Å². The molecule has 0 spiro atoms. The molecule has 0 saturated carbocycles. The Labute approximate surface area is 167 Å². The topological polar surface area (TPSA) is 75.9 Å². The van der Waals surface area contributed by atoms with Crippen molar-refractivity contribution in [3.63, 3.8) is 0 Å². The highest BCUT2D eigenvalue weighted by atomic mass is 19.1. The van der Waals surface area contributed by atoms with Gasteiger partial charge in [0.1, 0.15) is 23.2 Å². The van der Waals surface area contributed by atoms with Gasteiger partial charge in [-0.05, 0) is 31.0 Å². The molecule has 2 aromatic carbocycles. The summed E-state index contributed by atoms with van der Waals surface area (Å²) in [6.45, 7) is 2.48. The molecule has 0 aliphatic rings. The Bertz CT molecular complexity index is 1080. The van der Waals surface area contributed by atoms with Crippen LogP contribution in [0.2, 0.25) is 0 Å². The number of nitrogens with zero attached hydrogens (tertiary/aromatic N) is 3. The largest absolute Gasteiger partial charge is 0.370 e. The fraction of sp³-hybridized carbons (Fsp3) is 0.136. The van der Waals surface area contributed by atoms with E-state index in [1.807, 2.05) is 43.3 Å². The van der Waals surface area contributed by atoms with Crippen LogP contribution in [0.15, 0.2) is 71.3 Å². The van der Waals surface area contributed by atoms with Gasteiger partial charge in [0.2, 0.25) is 0 Å². The van der Waals surface area contributed by atoms with Crippen molar-refractivity contribution >= 4 is 17.5 Å². The SMILES string of the molecule is Cc1cc(Nc2cc(NCCc3ccc(F)cc3)nc(-c3ccccc3)n2)no1. The van der Waals surface area contributed by atoms with Crippen molar-refractivity contribution in [2.24, 2.45) is 0 Å². The van der Waals surface area contributed by atoms with E-state index in [2.05, 4.69) is 25.8 Å². The van der Waals surface area contributed by atoms with Crippen LogP contribution in [0.4, 0.5) is 21.8 Å². The summed E-state index contributed by atoms with van der Waals surface area (Å²) in [5.74, 6) is 2.95. The molecular formula is C22H20FN5O. The van der Waals surface area contributed by atoms with E-state index in [-0.39, 0.29) is 5.82 Å². The summed E-state index contributed by atoms with van der Waals surface area (Å²) >= 11 is 0. The molecule has 29 heavy (non-hydrogen) atoms. The zero-order valence-electron chi connectivity index (χ0n) is 15.9. The summed E-state index contributed by atoms with van der Waals surface area (Å²) in [5, 5.41) is 10.4. The number of nitrogens with one attached hydrogen (secondary N) is 2. The molecule has 0 amide bonds. The van der Waals surface area contributed by atoms with E-state index in [1.54, 1.807) is 18.2 Å². The van der Waals surface area contributed by atoms with Gasteiger partial charge in [-0.15, -0.1) is 0 Å². The minimum Gasteiger partial charge on any atom is -0.370 e. The van der Waals surface area contributed by atoms with E-state index in [4.69, 9.17) is 4.52 Å². The summed E-state index contributed by atoms with van der Waals surface area (Å²) in [6.07, 6.45) is 0.746. The third-order valence-electron chi connectivity index (χ3n) is 4.28. The molecule has 0 unspecified atom stereocenters. The Kier molecular flexibility index (Phi) is 5.47. The maximum atomic E-state index is 13.1. The summed E-state index contributed by atoms with van der Waals surface area (Å²) < 4.78 is 18.2. The van der Waals surface area contributed by atoms with Crippen LogP contribution in [0.25, 0.3) is 11.4 Å². The molecule has 4 rings (SSSR count). The van der Waals surface area contributed by atoms with Crippen molar-refractivity contribution in [3.05, 3.63) is 83.9 Å². The second-order valence-electron chi connectivity index (χ2n) is 6.58. The van der Waals surface area contributed by atoms with Gasteiger partial charge in [-0.25, -0.2) is 14.4 Å². The lowest BCUT2D eigenvalue weighted by atomic mass is 10.1. The first kappa shape index (κ1) is 18.6.